The van der Waals surface area contributed by atoms with Crippen LogP contribution in [0.25, 0.3) is 0 Å². The lowest BCUT2D eigenvalue weighted by atomic mass is 10.1. The van der Waals surface area contributed by atoms with E-state index >= 15 is 0 Å². The van der Waals surface area contributed by atoms with Crippen molar-refractivity contribution >= 4 is 5.91 Å². The first-order valence-electron chi connectivity index (χ1n) is 6.45. The number of rotatable bonds is 7. The number of nitrogens with one attached hydrogen (secondary N) is 1. The van der Waals surface area contributed by atoms with E-state index in [0.29, 0.717) is 18.7 Å². The fraction of sp³-hybridized carbons (Fsp3) is 0.500. The van der Waals surface area contributed by atoms with Gasteiger partial charge in [-0.25, -0.2) is 4.39 Å². The van der Waals surface area contributed by atoms with Crippen LogP contribution in [0.4, 0.5) is 4.39 Å². The summed E-state index contributed by atoms with van der Waals surface area (Å²) in [5.74, 6) is 0.000755. The van der Waals surface area contributed by atoms with Crippen molar-refractivity contribution in [2.45, 2.75) is 32.7 Å². The summed E-state index contributed by atoms with van der Waals surface area (Å²) in [6.07, 6.45) is 0.845. The molecule has 0 aliphatic rings. The van der Waals surface area contributed by atoms with Crippen molar-refractivity contribution in [1.82, 2.24) is 5.32 Å². The number of amides is 1. The highest BCUT2D eigenvalue weighted by atomic mass is 19.1. The molecule has 0 saturated heterocycles. The van der Waals surface area contributed by atoms with Gasteiger partial charge >= 0.3 is 0 Å². The summed E-state index contributed by atoms with van der Waals surface area (Å²) in [6.45, 7) is 4.54. The van der Waals surface area contributed by atoms with Gasteiger partial charge in [-0.2, -0.15) is 0 Å². The molecule has 0 fully saturated rings. The SMILES string of the molecule is CCNC(=O)CCOc1cc(F)cc(CC(C)N)c1. The summed E-state index contributed by atoms with van der Waals surface area (Å²) in [7, 11) is 0. The Kier molecular flexibility index (Phi) is 6.29. The third kappa shape index (κ3) is 6.20. The standard InChI is InChI=1S/C14H21FN2O2/c1-3-17-14(18)4-5-19-13-8-11(6-10(2)16)7-12(15)9-13/h7-10H,3-6,16H2,1-2H3,(H,17,18). The molecule has 0 aliphatic carbocycles. The van der Waals surface area contributed by atoms with Crippen molar-refractivity contribution in [2.75, 3.05) is 13.2 Å². The largest absolute Gasteiger partial charge is 0.493 e. The van der Waals surface area contributed by atoms with Crippen LogP contribution in [0.15, 0.2) is 18.2 Å². The Hall–Kier alpha value is -1.62. The highest BCUT2D eigenvalue weighted by Gasteiger charge is 2.05. The van der Waals surface area contributed by atoms with Gasteiger partial charge in [0.2, 0.25) is 5.91 Å². The molecule has 0 aromatic heterocycles. The maximum absolute atomic E-state index is 13.4. The fourth-order valence-corrected chi connectivity index (χ4v) is 1.74. The molecule has 1 aromatic carbocycles. The van der Waals surface area contributed by atoms with Gasteiger partial charge in [0.1, 0.15) is 11.6 Å². The van der Waals surface area contributed by atoms with Crippen molar-refractivity contribution in [1.29, 1.82) is 0 Å². The van der Waals surface area contributed by atoms with Crippen molar-refractivity contribution in [3.63, 3.8) is 0 Å². The Labute approximate surface area is 113 Å². The minimum atomic E-state index is -0.355. The molecule has 0 bridgehead atoms. The maximum Gasteiger partial charge on any atom is 0.223 e. The number of carbonyl (C=O) groups excluding carboxylic acids is 1. The first-order chi connectivity index (χ1) is 9.01. The van der Waals surface area contributed by atoms with Crippen LogP contribution in [0.3, 0.4) is 0 Å². The van der Waals surface area contributed by atoms with Gasteiger partial charge in [-0.15, -0.1) is 0 Å². The summed E-state index contributed by atoms with van der Waals surface area (Å²) in [5, 5.41) is 2.67. The van der Waals surface area contributed by atoms with Crippen LogP contribution in [0, 0.1) is 5.82 Å². The second-order valence-electron chi connectivity index (χ2n) is 4.53. The summed E-state index contributed by atoms with van der Waals surface area (Å²) in [4.78, 5) is 11.2. The first kappa shape index (κ1) is 15.4. The van der Waals surface area contributed by atoms with Crippen LogP contribution in [-0.2, 0) is 11.2 Å². The molecule has 3 N–H and O–H groups in total. The van der Waals surface area contributed by atoms with Crippen LogP contribution >= 0.6 is 0 Å². The highest BCUT2D eigenvalue weighted by Crippen LogP contribution is 2.17. The van der Waals surface area contributed by atoms with Crippen LogP contribution in [0.2, 0.25) is 0 Å². The van der Waals surface area contributed by atoms with E-state index in [1.54, 1.807) is 6.07 Å². The molecule has 0 aliphatic heterocycles. The van der Waals surface area contributed by atoms with E-state index in [0.717, 1.165) is 5.56 Å². The minimum absolute atomic E-state index is 0.0371. The average Bonchev–Trinajstić information content (AvgIpc) is 2.27. The Morgan fingerprint density at radius 2 is 2.21 bits per heavy atom. The molecule has 19 heavy (non-hydrogen) atoms. The monoisotopic (exact) mass is 268 g/mol. The van der Waals surface area contributed by atoms with E-state index in [9.17, 15) is 9.18 Å². The molecule has 5 heteroatoms. The van der Waals surface area contributed by atoms with Gasteiger partial charge < -0.3 is 15.8 Å². The van der Waals surface area contributed by atoms with E-state index < -0.39 is 0 Å². The third-order valence-electron chi connectivity index (χ3n) is 2.46. The van der Waals surface area contributed by atoms with Gasteiger partial charge in [0.05, 0.1) is 13.0 Å². The molecule has 4 nitrogen and oxygen atoms in total. The van der Waals surface area contributed by atoms with Crippen LogP contribution in [-0.4, -0.2) is 25.1 Å². The number of carbonyl (C=O) groups is 1. The van der Waals surface area contributed by atoms with Gasteiger partial charge in [-0.05, 0) is 38.0 Å². The second kappa shape index (κ2) is 7.74. The number of hydrogen-bond acceptors (Lipinski definition) is 3. The molecular formula is C14H21FN2O2. The van der Waals surface area contributed by atoms with E-state index in [2.05, 4.69) is 5.32 Å². The second-order valence-corrected chi connectivity index (χ2v) is 4.53. The Morgan fingerprint density at radius 1 is 1.47 bits per heavy atom. The molecule has 1 amide bonds. The third-order valence-corrected chi connectivity index (χ3v) is 2.46. The van der Waals surface area contributed by atoms with E-state index in [1.807, 2.05) is 13.8 Å². The molecule has 1 rings (SSSR count). The summed E-state index contributed by atoms with van der Waals surface area (Å²) >= 11 is 0. The maximum atomic E-state index is 13.4. The van der Waals surface area contributed by atoms with Gasteiger partial charge in [0, 0.05) is 18.7 Å². The summed E-state index contributed by atoms with van der Waals surface area (Å²) in [6, 6.07) is 4.47. The zero-order valence-electron chi connectivity index (χ0n) is 11.4. The minimum Gasteiger partial charge on any atom is -0.493 e. The zero-order chi connectivity index (χ0) is 14.3. The molecular weight excluding hydrogens is 247 g/mol. The highest BCUT2D eigenvalue weighted by molar-refractivity contribution is 5.75. The van der Waals surface area contributed by atoms with Crippen LogP contribution < -0.4 is 15.8 Å². The predicted octanol–water partition coefficient (Wildman–Crippen LogP) is 1.62. The normalized spacial score (nSPS) is 12.0. The van der Waals surface area contributed by atoms with Gasteiger partial charge in [0.15, 0.2) is 0 Å². The fourth-order valence-electron chi connectivity index (χ4n) is 1.74. The Morgan fingerprint density at radius 3 is 2.84 bits per heavy atom. The first-order valence-corrected chi connectivity index (χ1v) is 6.45. The topological polar surface area (TPSA) is 64.3 Å². The lowest BCUT2D eigenvalue weighted by Gasteiger charge is -2.10. The smallest absolute Gasteiger partial charge is 0.223 e. The summed E-state index contributed by atoms with van der Waals surface area (Å²) < 4.78 is 18.8. The van der Waals surface area contributed by atoms with Gasteiger partial charge in [0.25, 0.3) is 0 Å². The molecule has 1 aromatic rings. The number of nitrogens with two attached hydrogens (primary N) is 1. The molecule has 0 saturated carbocycles. The van der Waals surface area contributed by atoms with E-state index in [1.165, 1.54) is 12.1 Å². The van der Waals surface area contributed by atoms with Gasteiger partial charge in [-0.3, -0.25) is 4.79 Å². The van der Waals surface area contributed by atoms with E-state index in [-0.39, 0.29) is 30.8 Å². The molecule has 106 valence electrons. The summed E-state index contributed by atoms with van der Waals surface area (Å²) in [5.41, 5.74) is 6.48. The molecule has 0 spiro atoms. The quantitative estimate of drug-likeness (QED) is 0.790. The number of hydrogen-bond donors (Lipinski definition) is 2. The van der Waals surface area contributed by atoms with Gasteiger partial charge in [-0.1, -0.05) is 0 Å². The molecule has 1 unspecified atom stereocenters. The predicted molar refractivity (Wildman–Crippen MR) is 72.5 cm³/mol. The van der Waals surface area contributed by atoms with E-state index in [4.69, 9.17) is 10.5 Å². The lowest BCUT2D eigenvalue weighted by Crippen LogP contribution is -2.24. The van der Waals surface area contributed by atoms with Crippen LogP contribution in [0.5, 0.6) is 5.75 Å². The Bertz CT molecular complexity index is 422. The number of halogens is 1. The number of ether oxygens (including phenoxy) is 1. The zero-order valence-corrected chi connectivity index (χ0v) is 11.4. The van der Waals surface area contributed by atoms with Crippen molar-refractivity contribution < 1.29 is 13.9 Å². The van der Waals surface area contributed by atoms with Crippen LogP contribution in [0.1, 0.15) is 25.8 Å². The van der Waals surface area contributed by atoms with Crippen molar-refractivity contribution in [2.24, 2.45) is 5.73 Å². The van der Waals surface area contributed by atoms with Crippen molar-refractivity contribution in [3.05, 3.63) is 29.6 Å². The average molecular weight is 268 g/mol. The molecule has 1 atom stereocenters. The molecule has 0 heterocycles. The number of benzene rings is 1. The molecule has 0 radical (unpaired) electrons. The lowest BCUT2D eigenvalue weighted by molar-refractivity contribution is -0.121. The van der Waals surface area contributed by atoms with Crippen molar-refractivity contribution in [3.8, 4) is 5.75 Å². The Balaban J connectivity index is 2.53.